The van der Waals surface area contributed by atoms with Crippen molar-refractivity contribution in [2.24, 2.45) is 0 Å². The van der Waals surface area contributed by atoms with Crippen LogP contribution in [0.3, 0.4) is 0 Å². The summed E-state index contributed by atoms with van der Waals surface area (Å²) in [7, 11) is 0. The molecule has 3 rings (SSSR count). The quantitative estimate of drug-likeness (QED) is 0.311. The summed E-state index contributed by atoms with van der Waals surface area (Å²) in [5, 5.41) is 11.0. The molecule has 0 aliphatic carbocycles. The summed E-state index contributed by atoms with van der Waals surface area (Å²) in [6.07, 6.45) is 1.95. The van der Waals surface area contributed by atoms with Crippen LogP contribution in [0.25, 0.3) is 0 Å². The van der Waals surface area contributed by atoms with Crippen LogP contribution in [0.2, 0.25) is 0 Å². The Labute approximate surface area is 160 Å². The van der Waals surface area contributed by atoms with Crippen LogP contribution in [-0.4, -0.2) is 5.75 Å². The van der Waals surface area contributed by atoms with Crippen LogP contribution in [0.1, 0.15) is 29.5 Å². The van der Waals surface area contributed by atoms with E-state index in [9.17, 15) is 0 Å². The summed E-state index contributed by atoms with van der Waals surface area (Å²) < 4.78 is 0. The van der Waals surface area contributed by atoms with Crippen LogP contribution in [0.4, 0.5) is 0 Å². The molecule has 2 nitrogen and oxygen atoms in total. The molecular formula is C23H24N2S. The summed E-state index contributed by atoms with van der Waals surface area (Å²) in [6, 6.07) is 32.2. The second-order valence-electron chi connectivity index (χ2n) is 6.05. The maximum atomic E-state index is 8.86. The monoisotopic (exact) mass is 360 g/mol. The highest BCUT2D eigenvalue weighted by Gasteiger charge is 2.35. The van der Waals surface area contributed by atoms with E-state index in [4.69, 9.17) is 5.26 Å². The van der Waals surface area contributed by atoms with Crippen LogP contribution in [0, 0.1) is 10.7 Å². The first kappa shape index (κ1) is 19.8. The Balaban J connectivity index is 0.00000243. The Kier molecular flexibility index (Phi) is 7.47. The van der Waals surface area contributed by atoms with Crippen molar-refractivity contribution >= 4 is 11.8 Å². The third-order valence-electron chi connectivity index (χ3n) is 4.66. The van der Waals surface area contributed by atoms with Crippen molar-refractivity contribution in [3.8, 4) is 5.40 Å². The van der Waals surface area contributed by atoms with E-state index in [1.807, 2.05) is 0 Å². The van der Waals surface area contributed by atoms with Gasteiger partial charge in [0.25, 0.3) is 0 Å². The lowest BCUT2D eigenvalue weighted by Gasteiger charge is -2.36. The van der Waals surface area contributed by atoms with Gasteiger partial charge in [0.15, 0.2) is 0 Å². The predicted octanol–water partition coefficient (Wildman–Crippen LogP) is 6.18. The number of rotatable bonds is 7. The summed E-state index contributed by atoms with van der Waals surface area (Å²) in [5.41, 5.74) is 3.71. The third kappa shape index (κ3) is 4.16. The number of nitriles is 1. The first-order chi connectivity index (χ1) is 12.4. The zero-order chi connectivity index (χ0) is 17.4. The van der Waals surface area contributed by atoms with E-state index in [2.05, 4.69) is 96.4 Å². The van der Waals surface area contributed by atoms with Gasteiger partial charge in [-0.25, -0.2) is 0 Å². The number of nitrogens with zero attached hydrogens (tertiary/aromatic N) is 1. The maximum Gasteiger partial charge on any atom is 0.133 e. The van der Waals surface area contributed by atoms with Crippen LogP contribution in [-0.2, 0) is 5.41 Å². The lowest BCUT2D eigenvalue weighted by Crippen LogP contribution is -2.29. The molecule has 3 N–H and O–H groups in total. The Hall–Kier alpha value is -2.54. The summed E-state index contributed by atoms with van der Waals surface area (Å²) in [4.78, 5) is 0. The molecule has 0 saturated carbocycles. The van der Waals surface area contributed by atoms with Crippen LogP contribution in [0.5, 0.6) is 0 Å². The first-order valence-corrected chi connectivity index (χ1v) is 9.54. The molecule has 0 spiro atoms. The summed E-state index contributed by atoms with van der Waals surface area (Å²) in [5.74, 6) is 0.852. The Morgan fingerprint density at radius 2 is 1.08 bits per heavy atom. The highest BCUT2D eigenvalue weighted by atomic mass is 32.2. The van der Waals surface area contributed by atoms with Crippen molar-refractivity contribution in [3.05, 3.63) is 108 Å². The zero-order valence-corrected chi connectivity index (χ0v) is 15.7. The van der Waals surface area contributed by atoms with Gasteiger partial charge in [-0.3, -0.25) is 0 Å². The number of hydrogen-bond donors (Lipinski definition) is 1. The van der Waals surface area contributed by atoms with Crippen molar-refractivity contribution in [2.75, 3.05) is 5.75 Å². The molecule has 0 unspecified atom stereocenters. The molecule has 3 aromatic carbocycles. The van der Waals surface area contributed by atoms with Gasteiger partial charge < -0.3 is 6.15 Å². The molecular weight excluding hydrogens is 336 g/mol. The lowest BCUT2D eigenvalue weighted by atomic mass is 9.67. The van der Waals surface area contributed by atoms with E-state index in [0.29, 0.717) is 0 Å². The fourth-order valence-corrected chi connectivity index (χ4v) is 3.94. The van der Waals surface area contributed by atoms with Gasteiger partial charge in [0.05, 0.1) is 0 Å². The number of thiocyanates is 1. The largest absolute Gasteiger partial charge is 0.344 e. The van der Waals surface area contributed by atoms with Crippen molar-refractivity contribution in [2.45, 2.75) is 18.3 Å². The second kappa shape index (κ2) is 9.82. The van der Waals surface area contributed by atoms with Gasteiger partial charge in [0.2, 0.25) is 0 Å². The highest BCUT2D eigenvalue weighted by molar-refractivity contribution is 8.03. The minimum absolute atomic E-state index is 0. The standard InChI is InChI=1S/C23H21NS.H3N/c24-19-25-18-10-17-23(20-11-4-1-5-12-20,21-13-6-2-7-14-21)22-15-8-3-9-16-22;/h1-9,11-16H,10,17-18H2;1H3. The van der Waals surface area contributed by atoms with E-state index in [-0.39, 0.29) is 11.6 Å². The Bertz CT molecular complexity index is 714. The Morgan fingerprint density at radius 1 is 0.692 bits per heavy atom. The van der Waals surface area contributed by atoms with Crippen LogP contribution < -0.4 is 6.15 Å². The van der Waals surface area contributed by atoms with Crippen LogP contribution >= 0.6 is 11.8 Å². The van der Waals surface area contributed by atoms with Gasteiger partial charge in [-0.1, -0.05) is 91.0 Å². The normalized spacial score (nSPS) is 10.6. The molecule has 3 aromatic rings. The van der Waals surface area contributed by atoms with Gasteiger partial charge in [0.1, 0.15) is 5.40 Å². The smallest absolute Gasteiger partial charge is 0.133 e. The minimum atomic E-state index is -0.195. The zero-order valence-electron chi connectivity index (χ0n) is 14.8. The van der Waals surface area contributed by atoms with Gasteiger partial charge in [0, 0.05) is 11.2 Å². The molecule has 0 saturated heterocycles. The third-order valence-corrected chi connectivity index (χ3v) is 5.28. The number of thioether (sulfide) groups is 1. The fourth-order valence-electron chi connectivity index (χ4n) is 3.56. The summed E-state index contributed by atoms with van der Waals surface area (Å²) in [6.45, 7) is 0. The lowest BCUT2D eigenvalue weighted by molar-refractivity contribution is 0.553. The average Bonchev–Trinajstić information content (AvgIpc) is 2.70. The molecule has 0 radical (unpaired) electrons. The molecule has 0 aliphatic heterocycles. The molecule has 0 aromatic heterocycles. The van der Waals surface area contributed by atoms with E-state index in [1.165, 1.54) is 28.5 Å². The molecule has 132 valence electrons. The predicted molar refractivity (Wildman–Crippen MR) is 112 cm³/mol. The van der Waals surface area contributed by atoms with E-state index in [0.717, 1.165) is 18.6 Å². The summed E-state index contributed by atoms with van der Waals surface area (Å²) >= 11 is 1.34. The first-order valence-electron chi connectivity index (χ1n) is 8.55. The van der Waals surface area contributed by atoms with Gasteiger partial charge in [-0.2, -0.15) is 5.26 Å². The highest BCUT2D eigenvalue weighted by Crippen LogP contribution is 2.43. The number of hydrogen-bond acceptors (Lipinski definition) is 3. The van der Waals surface area contributed by atoms with Crippen molar-refractivity contribution in [1.82, 2.24) is 6.15 Å². The fraction of sp³-hybridized carbons (Fsp3) is 0.174. The van der Waals surface area contributed by atoms with Crippen molar-refractivity contribution in [3.63, 3.8) is 0 Å². The van der Waals surface area contributed by atoms with E-state index in [1.54, 1.807) is 0 Å². The molecule has 0 atom stereocenters. The number of benzene rings is 3. The Morgan fingerprint density at radius 3 is 1.42 bits per heavy atom. The SMILES string of the molecule is N.N#CSCCCC(c1ccccc1)(c1ccccc1)c1ccccc1. The van der Waals surface area contributed by atoms with Crippen molar-refractivity contribution < 1.29 is 0 Å². The topological polar surface area (TPSA) is 58.8 Å². The molecule has 0 fully saturated rings. The molecule has 26 heavy (non-hydrogen) atoms. The molecule has 0 heterocycles. The van der Waals surface area contributed by atoms with Crippen LogP contribution in [0.15, 0.2) is 91.0 Å². The van der Waals surface area contributed by atoms with E-state index >= 15 is 0 Å². The maximum absolute atomic E-state index is 8.86. The average molecular weight is 361 g/mol. The second-order valence-corrected chi connectivity index (χ2v) is 6.93. The van der Waals surface area contributed by atoms with Gasteiger partial charge in [-0.05, 0) is 41.3 Å². The minimum Gasteiger partial charge on any atom is -0.344 e. The molecule has 3 heteroatoms. The molecule has 0 amide bonds. The van der Waals surface area contributed by atoms with Crippen molar-refractivity contribution in [1.29, 1.82) is 5.26 Å². The molecule has 0 bridgehead atoms. The molecule has 0 aliphatic rings. The van der Waals surface area contributed by atoms with E-state index < -0.39 is 0 Å². The van der Waals surface area contributed by atoms with Gasteiger partial charge in [-0.15, -0.1) is 0 Å². The van der Waals surface area contributed by atoms with Gasteiger partial charge >= 0.3 is 0 Å².